The average Bonchev–Trinajstić information content (AvgIpc) is 2.96. The van der Waals surface area contributed by atoms with Gasteiger partial charge in [0.1, 0.15) is 17.7 Å². The van der Waals surface area contributed by atoms with Gasteiger partial charge in [-0.3, -0.25) is 9.78 Å². The lowest BCUT2D eigenvalue weighted by atomic mass is 10.2. The molecule has 1 amide bonds. The Labute approximate surface area is 166 Å². The summed E-state index contributed by atoms with van der Waals surface area (Å²) >= 11 is 6.23. The van der Waals surface area contributed by atoms with Gasteiger partial charge in [0.05, 0.1) is 23.4 Å². The number of hydrogen-bond donors (Lipinski definition) is 1. The van der Waals surface area contributed by atoms with Gasteiger partial charge in [-0.1, -0.05) is 23.7 Å². The molecule has 1 N–H and O–H groups in total. The topological polar surface area (TPSA) is 54.5 Å². The molecule has 0 radical (unpaired) electrons. The average molecular weight is 398 g/mol. The van der Waals surface area contributed by atoms with E-state index in [1.165, 1.54) is 12.1 Å². The van der Waals surface area contributed by atoms with Gasteiger partial charge in [-0.05, 0) is 48.0 Å². The summed E-state index contributed by atoms with van der Waals surface area (Å²) in [6.07, 6.45) is 1.18. The van der Waals surface area contributed by atoms with Gasteiger partial charge in [0.25, 0.3) is 5.91 Å². The zero-order valence-corrected chi connectivity index (χ0v) is 15.8. The molecule has 7 heteroatoms. The van der Waals surface area contributed by atoms with Crippen LogP contribution in [-0.2, 0) is 6.54 Å². The fraction of sp³-hybridized carbons (Fsp3) is 0.143. The maximum absolute atomic E-state index is 13.2. The largest absolute Gasteiger partial charge is 0.495 e. The Bertz CT molecular complexity index is 1030. The highest BCUT2D eigenvalue weighted by molar-refractivity contribution is 6.32. The predicted octanol–water partition coefficient (Wildman–Crippen LogP) is 4.65. The molecule has 1 atom stereocenters. The van der Waals surface area contributed by atoms with Crippen LogP contribution < -0.4 is 10.1 Å². The molecule has 1 aliphatic heterocycles. The van der Waals surface area contributed by atoms with Crippen molar-refractivity contribution in [2.24, 2.45) is 0 Å². The smallest absolute Gasteiger partial charge is 0.258 e. The first-order valence-electron chi connectivity index (χ1n) is 8.67. The van der Waals surface area contributed by atoms with Gasteiger partial charge in [0.2, 0.25) is 0 Å². The van der Waals surface area contributed by atoms with E-state index >= 15 is 0 Å². The van der Waals surface area contributed by atoms with Gasteiger partial charge in [-0.25, -0.2) is 4.39 Å². The molecular weight excluding hydrogens is 381 g/mol. The van der Waals surface area contributed by atoms with Gasteiger partial charge >= 0.3 is 0 Å². The van der Waals surface area contributed by atoms with E-state index in [1.807, 2.05) is 6.07 Å². The molecular formula is C21H17ClFN3O2. The van der Waals surface area contributed by atoms with Crippen molar-refractivity contribution in [1.82, 2.24) is 9.88 Å². The van der Waals surface area contributed by atoms with Gasteiger partial charge in [-0.15, -0.1) is 0 Å². The Morgan fingerprint density at radius 3 is 2.71 bits per heavy atom. The number of carbonyl (C=O) groups excluding carboxylic acids is 1. The summed E-state index contributed by atoms with van der Waals surface area (Å²) in [6.45, 7) is 0.316. The van der Waals surface area contributed by atoms with Crippen LogP contribution in [0.3, 0.4) is 0 Å². The molecule has 0 aliphatic carbocycles. The highest BCUT2D eigenvalue weighted by Crippen LogP contribution is 2.35. The van der Waals surface area contributed by atoms with Crippen molar-refractivity contribution in [2.75, 3.05) is 12.4 Å². The molecule has 3 aromatic rings. The van der Waals surface area contributed by atoms with Crippen LogP contribution in [0.2, 0.25) is 5.02 Å². The maximum Gasteiger partial charge on any atom is 0.258 e. The number of nitrogens with one attached hydrogen (secondary N) is 1. The quantitative estimate of drug-likeness (QED) is 0.681. The number of aromatic nitrogens is 1. The molecule has 4 rings (SSSR count). The van der Waals surface area contributed by atoms with Crippen LogP contribution in [0.1, 0.15) is 27.8 Å². The minimum absolute atomic E-state index is 0.135. The Morgan fingerprint density at radius 1 is 1.21 bits per heavy atom. The summed E-state index contributed by atoms with van der Waals surface area (Å²) in [5.74, 6) is 0.116. The molecule has 1 aromatic heterocycles. The molecule has 0 spiro atoms. The number of methoxy groups -OCH3 is 1. The monoisotopic (exact) mass is 397 g/mol. The second kappa shape index (κ2) is 7.48. The van der Waals surface area contributed by atoms with Crippen LogP contribution in [0, 0.1) is 5.82 Å². The molecule has 142 valence electrons. The van der Waals surface area contributed by atoms with Gasteiger partial charge < -0.3 is 15.0 Å². The highest BCUT2D eigenvalue weighted by Gasteiger charge is 2.37. The van der Waals surface area contributed by atoms with Crippen molar-refractivity contribution in [3.63, 3.8) is 0 Å². The lowest BCUT2D eigenvalue weighted by molar-refractivity contribution is 0.0727. The molecule has 0 bridgehead atoms. The third-order valence-electron chi connectivity index (χ3n) is 4.62. The van der Waals surface area contributed by atoms with E-state index in [4.69, 9.17) is 16.3 Å². The second-order valence-electron chi connectivity index (χ2n) is 6.39. The molecule has 0 saturated carbocycles. The SMILES string of the molecule is COc1ccc(N[C@@H]2c3ncccc3C(=O)N2Cc2ccc(F)cc2)cc1Cl. The number of nitrogens with zero attached hydrogens (tertiary/aromatic N) is 2. The van der Waals surface area contributed by atoms with Gasteiger partial charge in [0.15, 0.2) is 0 Å². The first-order valence-corrected chi connectivity index (χ1v) is 9.05. The number of rotatable bonds is 5. The van der Waals surface area contributed by atoms with E-state index in [0.29, 0.717) is 28.6 Å². The number of carbonyl (C=O) groups is 1. The number of benzene rings is 2. The fourth-order valence-electron chi connectivity index (χ4n) is 3.25. The molecule has 2 heterocycles. The van der Waals surface area contributed by atoms with Crippen molar-refractivity contribution in [3.8, 4) is 5.75 Å². The van der Waals surface area contributed by atoms with E-state index in [-0.39, 0.29) is 11.7 Å². The number of anilines is 1. The Hall–Kier alpha value is -3.12. The van der Waals surface area contributed by atoms with Crippen LogP contribution in [0.4, 0.5) is 10.1 Å². The molecule has 2 aromatic carbocycles. The maximum atomic E-state index is 13.2. The summed E-state index contributed by atoms with van der Waals surface area (Å²) in [5.41, 5.74) is 2.73. The predicted molar refractivity (Wildman–Crippen MR) is 105 cm³/mol. The number of halogens is 2. The third-order valence-corrected chi connectivity index (χ3v) is 4.92. The molecule has 0 fully saturated rings. The van der Waals surface area contributed by atoms with Crippen LogP contribution in [0.15, 0.2) is 60.8 Å². The Balaban J connectivity index is 1.67. The fourth-order valence-corrected chi connectivity index (χ4v) is 3.50. The zero-order valence-electron chi connectivity index (χ0n) is 15.0. The number of pyridine rings is 1. The molecule has 5 nitrogen and oxygen atoms in total. The van der Waals surface area contributed by atoms with Gasteiger partial charge in [0, 0.05) is 18.4 Å². The van der Waals surface area contributed by atoms with Crippen molar-refractivity contribution in [1.29, 1.82) is 0 Å². The number of fused-ring (bicyclic) bond motifs is 1. The second-order valence-corrected chi connectivity index (χ2v) is 6.80. The highest BCUT2D eigenvalue weighted by atomic mass is 35.5. The number of amides is 1. The van der Waals surface area contributed by atoms with Gasteiger partial charge in [-0.2, -0.15) is 0 Å². The molecule has 28 heavy (non-hydrogen) atoms. The lowest BCUT2D eigenvalue weighted by Gasteiger charge is -2.26. The van der Waals surface area contributed by atoms with Crippen molar-refractivity contribution in [2.45, 2.75) is 12.7 Å². The lowest BCUT2D eigenvalue weighted by Crippen LogP contribution is -2.32. The third kappa shape index (κ3) is 3.39. The number of hydrogen-bond acceptors (Lipinski definition) is 4. The minimum atomic E-state index is -0.474. The Kier molecular flexibility index (Phi) is 4.88. The standard InChI is InChI=1S/C21H17ClFN3O2/c1-28-18-9-8-15(11-17(18)22)25-20-19-16(3-2-10-24-19)21(27)26(20)12-13-4-6-14(23)7-5-13/h2-11,20,25H,12H2,1H3/t20-/m0/s1. The van der Waals surface area contributed by atoms with Crippen LogP contribution in [-0.4, -0.2) is 22.9 Å². The van der Waals surface area contributed by atoms with Crippen LogP contribution in [0.5, 0.6) is 5.75 Å². The van der Waals surface area contributed by atoms with Crippen LogP contribution >= 0.6 is 11.6 Å². The number of ether oxygens (including phenoxy) is 1. The van der Waals surface area contributed by atoms with Crippen molar-refractivity contribution < 1.29 is 13.9 Å². The molecule has 1 aliphatic rings. The van der Waals surface area contributed by atoms with E-state index in [1.54, 1.807) is 54.6 Å². The molecule has 0 saturated heterocycles. The summed E-state index contributed by atoms with van der Waals surface area (Å²) in [4.78, 5) is 19.0. The summed E-state index contributed by atoms with van der Waals surface area (Å²) in [5, 5.41) is 3.79. The summed E-state index contributed by atoms with van der Waals surface area (Å²) < 4.78 is 18.4. The van der Waals surface area contributed by atoms with E-state index in [0.717, 1.165) is 11.3 Å². The van der Waals surface area contributed by atoms with E-state index in [9.17, 15) is 9.18 Å². The zero-order chi connectivity index (χ0) is 19.7. The first kappa shape index (κ1) is 18.3. The molecule has 0 unspecified atom stereocenters. The van der Waals surface area contributed by atoms with E-state index < -0.39 is 6.17 Å². The summed E-state index contributed by atoms with van der Waals surface area (Å²) in [7, 11) is 1.55. The van der Waals surface area contributed by atoms with Crippen LogP contribution in [0.25, 0.3) is 0 Å². The normalized spacial score (nSPS) is 15.5. The van der Waals surface area contributed by atoms with Crippen molar-refractivity contribution >= 4 is 23.2 Å². The Morgan fingerprint density at radius 2 is 2.00 bits per heavy atom. The first-order chi connectivity index (χ1) is 13.6. The van der Waals surface area contributed by atoms with Crippen molar-refractivity contribution in [3.05, 3.63) is 88.5 Å². The minimum Gasteiger partial charge on any atom is -0.495 e. The van der Waals surface area contributed by atoms with E-state index in [2.05, 4.69) is 10.3 Å². The summed E-state index contributed by atoms with van der Waals surface area (Å²) in [6, 6.07) is 14.9.